The van der Waals surface area contributed by atoms with Crippen LogP contribution in [0.5, 0.6) is 0 Å². The van der Waals surface area contributed by atoms with Crippen molar-refractivity contribution in [2.24, 2.45) is 0 Å². The fraction of sp³-hybridized carbons (Fsp3) is 0.412. The highest BCUT2D eigenvalue weighted by molar-refractivity contribution is 5.74. The van der Waals surface area contributed by atoms with Gasteiger partial charge in [0.05, 0.1) is 6.54 Å². The Labute approximate surface area is 136 Å². The molecule has 0 fully saturated rings. The molecule has 0 radical (unpaired) electrons. The standard InChI is InChI=1S/C17H23FN4O/c1-4-19-17(23)22(13(2)3)12-16-20-8-9-21(16)11-14-6-5-7-15(18)10-14/h5-10,13H,4,11-12H2,1-3H3,(H,19,23). The second-order valence-electron chi connectivity index (χ2n) is 5.66. The number of hydrogen-bond donors (Lipinski definition) is 1. The van der Waals surface area contributed by atoms with E-state index in [1.807, 2.05) is 37.6 Å². The molecule has 0 aliphatic carbocycles. The monoisotopic (exact) mass is 318 g/mol. The van der Waals surface area contributed by atoms with Gasteiger partial charge in [-0.3, -0.25) is 0 Å². The van der Waals surface area contributed by atoms with Gasteiger partial charge in [0.15, 0.2) is 0 Å². The highest BCUT2D eigenvalue weighted by Gasteiger charge is 2.18. The molecule has 0 unspecified atom stereocenters. The van der Waals surface area contributed by atoms with Gasteiger partial charge in [0.25, 0.3) is 0 Å². The molecule has 5 nitrogen and oxygen atoms in total. The maximum absolute atomic E-state index is 13.3. The van der Waals surface area contributed by atoms with E-state index in [4.69, 9.17) is 0 Å². The summed E-state index contributed by atoms with van der Waals surface area (Å²) in [5, 5.41) is 2.82. The first-order valence-electron chi connectivity index (χ1n) is 7.80. The van der Waals surface area contributed by atoms with E-state index in [1.54, 1.807) is 17.2 Å². The van der Waals surface area contributed by atoms with E-state index in [0.717, 1.165) is 11.4 Å². The molecular formula is C17H23FN4O. The van der Waals surface area contributed by atoms with Gasteiger partial charge in [-0.25, -0.2) is 14.2 Å². The number of aromatic nitrogens is 2. The summed E-state index contributed by atoms with van der Waals surface area (Å²) in [4.78, 5) is 18.2. The van der Waals surface area contributed by atoms with Crippen LogP contribution in [0.4, 0.5) is 9.18 Å². The lowest BCUT2D eigenvalue weighted by Gasteiger charge is -2.26. The second-order valence-corrected chi connectivity index (χ2v) is 5.66. The van der Waals surface area contributed by atoms with Crippen LogP contribution in [0.3, 0.4) is 0 Å². The number of rotatable bonds is 6. The summed E-state index contributed by atoms with van der Waals surface area (Å²) in [6.07, 6.45) is 3.54. The normalized spacial score (nSPS) is 10.8. The minimum absolute atomic E-state index is 0.0564. The molecule has 0 saturated heterocycles. The number of hydrogen-bond acceptors (Lipinski definition) is 2. The van der Waals surface area contributed by atoms with Gasteiger partial charge in [0.2, 0.25) is 0 Å². The molecule has 2 amide bonds. The molecule has 1 N–H and O–H groups in total. The Bertz CT molecular complexity index is 654. The number of carbonyl (C=O) groups excluding carboxylic acids is 1. The van der Waals surface area contributed by atoms with Crippen molar-refractivity contribution in [1.82, 2.24) is 19.8 Å². The third-order valence-corrected chi connectivity index (χ3v) is 3.57. The van der Waals surface area contributed by atoms with E-state index in [0.29, 0.717) is 19.6 Å². The van der Waals surface area contributed by atoms with E-state index in [9.17, 15) is 9.18 Å². The first-order valence-corrected chi connectivity index (χ1v) is 7.80. The minimum Gasteiger partial charge on any atom is -0.338 e. The molecule has 2 rings (SSSR count). The molecule has 23 heavy (non-hydrogen) atoms. The van der Waals surface area contributed by atoms with Crippen molar-refractivity contribution in [2.45, 2.75) is 39.9 Å². The third-order valence-electron chi connectivity index (χ3n) is 3.57. The number of carbonyl (C=O) groups is 1. The molecule has 0 spiro atoms. The highest BCUT2D eigenvalue weighted by atomic mass is 19.1. The summed E-state index contributed by atoms with van der Waals surface area (Å²) in [6, 6.07) is 6.44. The lowest BCUT2D eigenvalue weighted by atomic mass is 10.2. The van der Waals surface area contributed by atoms with Gasteiger partial charge in [-0.1, -0.05) is 12.1 Å². The van der Waals surface area contributed by atoms with Crippen LogP contribution in [-0.2, 0) is 13.1 Å². The van der Waals surface area contributed by atoms with Gasteiger partial charge in [-0.05, 0) is 38.5 Å². The molecule has 124 valence electrons. The number of nitrogens with one attached hydrogen (secondary N) is 1. The van der Waals surface area contributed by atoms with E-state index in [2.05, 4.69) is 10.3 Å². The number of nitrogens with zero attached hydrogens (tertiary/aromatic N) is 3. The Morgan fingerprint density at radius 3 is 2.87 bits per heavy atom. The van der Waals surface area contributed by atoms with Crippen molar-refractivity contribution in [3.05, 3.63) is 53.9 Å². The number of imidazole rings is 1. The van der Waals surface area contributed by atoms with Crippen LogP contribution in [0.1, 0.15) is 32.2 Å². The van der Waals surface area contributed by atoms with E-state index < -0.39 is 0 Å². The van der Waals surface area contributed by atoms with Crippen LogP contribution in [0.2, 0.25) is 0 Å². The summed E-state index contributed by atoms with van der Waals surface area (Å²) in [6.45, 7) is 7.34. The molecule has 1 aromatic carbocycles. The van der Waals surface area contributed by atoms with E-state index >= 15 is 0 Å². The molecule has 0 aliphatic heterocycles. The summed E-state index contributed by atoms with van der Waals surface area (Å²) < 4.78 is 15.3. The summed E-state index contributed by atoms with van der Waals surface area (Å²) in [7, 11) is 0. The summed E-state index contributed by atoms with van der Waals surface area (Å²) >= 11 is 0. The molecule has 6 heteroatoms. The van der Waals surface area contributed by atoms with Crippen LogP contribution in [0.15, 0.2) is 36.7 Å². The first kappa shape index (κ1) is 17.0. The van der Waals surface area contributed by atoms with Gasteiger partial charge in [-0.2, -0.15) is 0 Å². The van der Waals surface area contributed by atoms with Gasteiger partial charge < -0.3 is 14.8 Å². The number of benzene rings is 1. The minimum atomic E-state index is -0.254. The number of amides is 2. The first-order chi connectivity index (χ1) is 11.0. The zero-order valence-electron chi connectivity index (χ0n) is 13.8. The number of halogens is 1. The second kappa shape index (κ2) is 7.76. The van der Waals surface area contributed by atoms with Crippen molar-refractivity contribution < 1.29 is 9.18 Å². The molecule has 0 bridgehead atoms. The van der Waals surface area contributed by atoms with Crippen LogP contribution < -0.4 is 5.32 Å². The van der Waals surface area contributed by atoms with Crippen LogP contribution in [-0.4, -0.2) is 33.1 Å². The van der Waals surface area contributed by atoms with Crippen molar-refractivity contribution in [2.75, 3.05) is 6.54 Å². The zero-order chi connectivity index (χ0) is 16.8. The Balaban J connectivity index is 2.14. The lowest BCUT2D eigenvalue weighted by molar-refractivity contribution is 0.177. The fourth-order valence-electron chi connectivity index (χ4n) is 2.36. The Morgan fingerprint density at radius 2 is 2.22 bits per heavy atom. The predicted molar refractivity (Wildman–Crippen MR) is 87.5 cm³/mol. The maximum Gasteiger partial charge on any atom is 0.318 e. The summed E-state index contributed by atoms with van der Waals surface area (Å²) in [5.41, 5.74) is 0.860. The lowest BCUT2D eigenvalue weighted by Crippen LogP contribution is -2.43. The van der Waals surface area contributed by atoms with Gasteiger partial charge in [-0.15, -0.1) is 0 Å². The molecule has 1 heterocycles. The Kier molecular flexibility index (Phi) is 5.73. The largest absolute Gasteiger partial charge is 0.338 e. The van der Waals surface area contributed by atoms with Crippen LogP contribution in [0.25, 0.3) is 0 Å². The molecule has 0 atom stereocenters. The SMILES string of the molecule is CCNC(=O)N(Cc1nccn1Cc1cccc(F)c1)C(C)C. The third kappa shape index (κ3) is 4.55. The molecule has 1 aromatic heterocycles. The molecule has 0 saturated carbocycles. The van der Waals surface area contributed by atoms with Crippen molar-refractivity contribution in [1.29, 1.82) is 0 Å². The highest BCUT2D eigenvalue weighted by Crippen LogP contribution is 2.11. The van der Waals surface area contributed by atoms with Gasteiger partial charge >= 0.3 is 6.03 Å². The average molecular weight is 318 g/mol. The Hall–Kier alpha value is -2.37. The van der Waals surface area contributed by atoms with E-state index in [1.165, 1.54) is 12.1 Å². The topological polar surface area (TPSA) is 50.2 Å². The van der Waals surface area contributed by atoms with Crippen LogP contribution in [0, 0.1) is 5.82 Å². The number of urea groups is 1. The fourth-order valence-corrected chi connectivity index (χ4v) is 2.36. The van der Waals surface area contributed by atoms with Gasteiger partial charge in [0.1, 0.15) is 11.6 Å². The predicted octanol–water partition coefficient (Wildman–Crippen LogP) is 3.01. The smallest absolute Gasteiger partial charge is 0.318 e. The molecule has 0 aliphatic rings. The van der Waals surface area contributed by atoms with Crippen molar-refractivity contribution >= 4 is 6.03 Å². The van der Waals surface area contributed by atoms with Crippen molar-refractivity contribution in [3.63, 3.8) is 0 Å². The van der Waals surface area contributed by atoms with Crippen LogP contribution >= 0.6 is 0 Å². The maximum atomic E-state index is 13.3. The van der Waals surface area contributed by atoms with Crippen molar-refractivity contribution in [3.8, 4) is 0 Å². The quantitative estimate of drug-likeness (QED) is 0.890. The summed E-state index contributed by atoms with van der Waals surface area (Å²) in [5.74, 6) is 0.518. The zero-order valence-corrected chi connectivity index (χ0v) is 13.8. The Morgan fingerprint density at radius 1 is 1.43 bits per heavy atom. The van der Waals surface area contributed by atoms with Gasteiger partial charge in [0, 0.05) is 31.5 Å². The average Bonchev–Trinajstić information content (AvgIpc) is 2.91. The van der Waals surface area contributed by atoms with E-state index in [-0.39, 0.29) is 17.9 Å². The molecular weight excluding hydrogens is 295 g/mol. The molecule has 2 aromatic rings.